The van der Waals surface area contributed by atoms with Crippen LogP contribution >= 0.6 is 11.6 Å². The molecule has 6 heteroatoms. The summed E-state index contributed by atoms with van der Waals surface area (Å²) in [6.07, 6.45) is 8.39. The van der Waals surface area contributed by atoms with Gasteiger partial charge in [0.15, 0.2) is 0 Å². The number of fused-ring (bicyclic) bond motifs is 3. The number of rotatable bonds is 3. The molecule has 5 aliphatic rings. The Morgan fingerprint density at radius 2 is 1.74 bits per heavy atom. The van der Waals surface area contributed by atoms with Crippen molar-refractivity contribution in [2.24, 2.45) is 17.8 Å². The van der Waals surface area contributed by atoms with Crippen molar-refractivity contribution < 1.29 is 9.53 Å². The molecule has 1 unspecified atom stereocenters. The van der Waals surface area contributed by atoms with Gasteiger partial charge in [0.05, 0.1) is 13.2 Å². The second-order valence-corrected chi connectivity index (χ2v) is 11.9. The second-order valence-electron chi connectivity index (χ2n) is 11.5. The van der Waals surface area contributed by atoms with Gasteiger partial charge < -0.3 is 19.9 Å². The summed E-state index contributed by atoms with van der Waals surface area (Å²) in [5, 5.41) is 5.52. The summed E-state index contributed by atoms with van der Waals surface area (Å²) >= 11 is 6.35. The highest BCUT2D eigenvalue weighted by Gasteiger charge is 2.52. The van der Waals surface area contributed by atoms with Crippen LogP contribution in [-0.2, 0) is 6.42 Å². The average Bonchev–Trinajstić information content (AvgIpc) is 3.20. The Morgan fingerprint density at radius 1 is 1.06 bits per heavy atom. The maximum absolute atomic E-state index is 14.0. The molecule has 2 heterocycles. The van der Waals surface area contributed by atoms with Crippen LogP contribution in [0.25, 0.3) is 10.9 Å². The molecule has 4 aliphatic carbocycles. The maximum atomic E-state index is 14.0. The van der Waals surface area contributed by atoms with E-state index in [1.54, 1.807) is 7.11 Å². The Hall–Kier alpha value is -2.66. The highest BCUT2D eigenvalue weighted by Crippen LogP contribution is 2.55. The minimum absolute atomic E-state index is 0.00938. The number of urea groups is 1. The van der Waals surface area contributed by atoms with Gasteiger partial charge >= 0.3 is 6.03 Å². The fraction of sp³-hybridized carbons (Fsp3) is 0.483. The first-order valence-corrected chi connectivity index (χ1v) is 13.4. The van der Waals surface area contributed by atoms with E-state index in [-0.39, 0.29) is 17.6 Å². The standard InChI is InChI=1S/C29H32ClN3O2/c1-35-22-5-2-20(3-6-22)27-26-23(24-13-21(30)4-7-25(24)31-26)8-9-33(27)28(34)32-29-14-17-10-18(15-29)12-19(11-17)16-29/h2-7,13,17-19,27,31H,8-12,14-16H2,1H3,(H,32,34). The molecule has 4 bridgehead atoms. The highest BCUT2D eigenvalue weighted by molar-refractivity contribution is 6.31. The normalized spacial score (nSPS) is 31.0. The Kier molecular flexibility index (Phi) is 4.89. The first kappa shape index (κ1) is 21.6. The first-order chi connectivity index (χ1) is 17.0. The number of methoxy groups -OCH3 is 1. The Labute approximate surface area is 211 Å². The van der Waals surface area contributed by atoms with E-state index in [9.17, 15) is 4.79 Å². The molecule has 4 saturated carbocycles. The lowest BCUT2D eigenvalue weighted by atomic mass is 9.53. The summed E-state index contributed by atoms with van der Waals surface area (Å²) in [5.74, 6) is 3.21. The van der Waals surface area contributed by atoms with Gasteiger partial charge in [0.1, 0.15) is 5.75 Å². The maximum Gasteiger partial charge on any atom is 0.318 e. The number of aromatic amines is 1. The number of H-pyrrole nitrogens is 1. The van der Waals surface area contributed by atoms with Crippen molar-refractivity contribution in [2.45, 2.75) is 56.5 Å². The lowest BCUT2D eigenvalue weighted by molar-refractivity contribution is -0.0163. The molecule has 182 valence electrons. The van der Waals surface area contributed by atoms with Crippen LogP contribution in [0.2, 0.25) is 5.02 Å². The molecule has 0 saturated heterocycles. The van der Waals surface area contributed by atoms with Gasteiger partial charge in [0, 0.05) is 33.7 Å². The van der Waals surface area contributed by atoms with Crippen molar-refractivity contribution in [3.63, 3.8) is 0 Å². The third-order valence-electron chi connectivity index (χ3n) is 9.19. The van der Waals surface area contributed by atoms with Crippen LogP contribution in [0, 0.1) is 17.8 Å². The van der Waals surface area contributed by atoms with Crippen molar-refractivity contribution in [1.29, 1.82) is 0 Å². The summed E-state index contributed by atoms with van der Waals surface area (Å²) in [6.45, 7) is 0.682. The second kappa shape index (κ2) is 7.92. The van der Waals surface area contributed by atoms with Crippen LogP contribution in [0.15, 0.2) is 42.5 Å². The number of hydrogen-bond acceptors (Lipinski definition) is 2. The van der Waals surface area contributed by atoms with E-state index in [4.69, 9.17) is 16.3 Å². The minimum Gasteiger partial charge on any atom is -0.497 e. The van der Waals surface area contributed by atoms with Gasteiger partial charge in [-0.3, -0.25) is 0 Å². The fourth-order valence-corrected chi connectivity index (χ4v) is 8.35. The number of ether oxygens (including phenoxy) is 1. The molecule has 8 rings (SSSR count). The SMILES string of the molecule is COc1ccc(C2c3[nH]c4ccc(Cl)cc4c3CCN2C(=O)NC23CC4CC(CC(C4)C2)C3)cc1. The lowest BCUT2D eigenvalue weighted by Gasteiger charge is -2.57. The zero-order valence-electron chi connectivity index (χ0n) is 20.1. The summed E-state index contributed by atoms with van der Waals surface area (Å²) in [5.41, 5.74) is 4.51. The summed E-state index contributed by atoms with van der Waals surface area (Å²) < 4.78 is 5.41. The molecule has 0 spiro atoms. The van der Waals surface area contributed by atoms with Crippen molar-refractivity contribution in [1.82, 2.24) is 15.2 Å². The van der Waals surface area contributed by atoms with E-state index in [1.165, 1.54) is 24.8 Å². The number of aromatic nitrogens is 1. The molecule has 35 heavy (non-hydrogen) atoms. The Morgan fingerprint density at radius 3 is 2.40 bits per heavy atom. The van der Waals surface area contributed by atoms with E-state index < -0.39 is 0 Å². The predicted octanol–water partition coefficient (Wildman–Crippen LogP) is 6.46. The lowest BCUT2D eigenvalue weighted by Crippen LogP contribution is -2.62. The molecule has 2 amide bonds. The smallest absolute Gasteiger partial charge is 0.318 e. The zero-order valence-corrected chi connectivity index (χ0v) is 20.9. The number of halogens is 1. The van der Waals surface area contributed by atoms with Gasteiger partial charge in [-0.15, -0.1) is 0 Å². The van der Waals surface area contributed by atoms with Gasteiger partial charge in [-0.2, -0.15) is 0 Å². The molecule has 2 N–H and O–H groups in total. The van der Waals surface area contributed by atoms with Crippen molar-refractivity contribution in [3.05, 3.63) is 64.3 Å². The fourth-order valence-electron chi connectivity index (χ4n) is 8.17. The van der Waals surface area contributed by atoms with Gasteiger partial charge in [-0.1, -0.05) is 23.7 Å². The minimum atomic E-state index is -0.176. The molecule has 3 aromatic rings. The van der Waals surface area contributed by atoms with Gasteiger partial charge in [-0.05, 0) is 104 Å². The molecule has 2 aromatic carbocycles. The number of amides is 2. The highest BCUT2D eigenvalue weighted by atomic mass is 35.5. The molecule has 1 atom stereocenters. The molecule has 1 aromatic heterocycles. The number of carbonyl (C=O) groups is 1. The molecule has 1 aliphatic heterocycles. The first-order valence-electron chi connectivity index (χ1n) is 13.0. The topological polar surface area (TPSA) is 57.4 Å². The number of hydrogen-bond donors (Lipinski definition) is 2. The molecule has 5 nitrogen and oxygen atoms in total. The van der Waals surface area contributed by atoms with Crippen LogP contribution in [0.1, 0.15) is 61.4 Å². The third kappa shape index (κ3) is 3.54. The van der Waals surface area contributed by atoms with E-state index in [0.29, 0.717) is 6.54 Å². The van der Waals surface area contributed by atoms with Gasteiger partial charge in [-0.25, -0.2) is 4.79 Å². The predicted molar refractivity (Wildman–Crippen MR) is 138 cm³/mol. The number of carbonyl (C=O) groups excluding carboxylic acids is 1. The zero-order chi connectivity index (χ0) is 23.7. The van der Waals surface area contributed by atoms with Gasteiger partial charge in [0.25, 0.3) is 0 Å². The van der Waals surface area contributed by atoms with E-state index in [2.05, 4.69) is 27.3 Å². The third-order valence-corrected chi connectivity index (χ3v) is 9.43. The monoisotopic (exact) mass is 489 g/mol. The van der Waals surface area contributed by atoms with E-state index in [1.807, 2.05) is 30.3 Å². The quantitative estimate of drug-likeness (QED) is 0.443. The van der Waals surface area contributed by atoms with Crippen LogP contribution < -0.4 is 10.1 Å². The van der Waals surface area contributed by atoms with E-state index in [0.717, 1.165) is 76.4 Å². The number of benzene rings is 2. The Balaban J connectivity index is 1.26. The van der Waals surface area contributed by atoms with Gasteiger partial charge in [0.2, 0.25) is 0 Å². The number of nitrogens with one attached hydrogen (secondary N) is 2. The molecular weight excluding hydrogens is 458 g/mol. The molecular formula is C29H32ClN3O2. The summed E-state index contributed by atoms with van der Waals surface area (Å²) in [6, 6.07) is 14.1. The van der Waals surface area contributed by atoms with Crippen LogP contribution in [0.5, 0.6) is 5.75 Å². The average molecular weight is 490 g/mol. The summed E-state index contributed by atoms with van der Waals surface area (Å²) in [7, 11) is 1.68. The Bertz CT molecular complexity index is 1260. The van der Waals surface area contributed by atoms with Crippen molar-refractivity contribution >= 4 is 28.5 Å². The van der Waals surface area contributed by atoms with Crippen LogP contribution in [0.3, 0.4) is 0 Å². The summed E-state index contributed by atoms with van der Waals surface area (Å²) in [4.78, 5) is 19.7. The van der Waals surface area contributed by atoms with Crippen molar-refractivity contribution in [3.8, 4) is 5.75 Å². The van der Waals surface area contributed by atoms with Crippen LogP contribution in [-0.4, -0.2) is 35.1 Å². The molecule has 0 radical (unpaired) electrons. The number of nitrogens with zero attached hydrogens (tertiary/aromatic N) is 1. The van der Waals surface area contributed by atoms with Crippen LogP contribution in [0.4, 0.5) is 4.79 Å². The van der Waals surface area contributed by atoms with E-state index >= 15 is 0 Å². The largest absolute Gasteiger partial charge is 0.497 e. The molecule has 4 fully saturated rings. The van der Waals surface area contributed by atoms with Crippen molar-refractivity contribution in [2.75, 3.05) is 13.7 Å².